The normalized spacial score (nSPS) is 11.6. The first kappa shape index (κ1) is 14.5. The second-order valence-electron chi connectivity index (χ2n) is 4.74. The molecule has 2 aromatic carbocycles. The minimum Gasteiger partial charge on any atom is -0.478 e. The molecule has 0 bridgehead atoms. The van der Waals surface area contributed by atoms with Crippen molar-refractivity contribution in [3.63, 3.8) is 0 Å². The summed E-state index contributed by atoms with van der Waals surface area (Å²) in [6, 6.07) is 21.0. The van der Waals surface area contributed by atoms with Crippen LogP contribution in [0.15, 0.2) is 72.8 Å². The van der Waals surface area contributed by atoms with Crippen LogP contribution in [0.1, 0.15) is 17.0 Å². The smallest absolute Gasteiger partial charge is 0.332 e. The van der Waals surface area contributed by atoms with E-state index in [4.69, 9.17) is 0 Å². The Labute approximate surface area is 123 Å². The summed E-state index contributed by atoms with van der Waals surface area (Å²) < 4.78 is 0. The van der Waals surface area contributed by atoms with E-state index in [1.54, 1.807) is 0 Å². The summed E-state index contributed by atoms with van der Waals surface area (Å²) in [4.78, 5) is 11.2. The zero-order valence-corrected chi connectivity index (χ0v) is 11.4. The minimum atomic E-state index is -1.14. The van der Waals surface area contributed by atoms with E-state index >= 15 is 0 Å². The molecule has 1 atom stereocenters. The Hall–Kier alpha value is -2.86. The first-order chi connectivity index (χ1) is 10.1. The number of carboxylic acid groups (broad SMARTS) is 1. The Morgan fingerprint density at radius 2 is 1.43 bits per heavy atom. The van der Waals surface area contributed by atoms with Gasteiger partial charge in [-0.15, -0.1) is 0 Å². The summed E-state index contributed by atoms with van der Waals surface area (Å²) in [6.07, 6.45) is 0. The van der Waals surface area contributed by atoms with Gasteiger partial charge >= 0.3 is 5.97 Å². The Kier molecular flexibility index (Phi) is 4.53. The highest BCUT2D eigenvalue weighted by Crippen LogP contribution is 2.35. The quantitative estimate of drug-likeness (QED) is 0.849. The molecular formula is C18H15NO2. The van der Waals surface area contributed by atoms with Gasteiger partial charge in [-0.25, -0.2) is 4.79 Å². The zero-order chi connectivity index (χ0) is 15.2. The first-order valence-corrected chi connectivity index (χ1v) is 6.56. The van der Waals surface area contributed by atoms with Crippen molar-refractivity contribution < 1.29 is 9.90 Å². The lowest BCUT2D eigenvalue weighted by molar-refractivity contribution is -0.133. The Morgan fingerprint density at radius 1 is 1.00 bits per heavy atom. The molecule has 0 radical (unpaired) electrons. The number of carboxylic acids is 1. The molecule has 1 N–H and O–H groups in total. The fraction of sp³-hybridized carbons (Fsp3) is 0.111. The van der Waals surface area contributed by atoms with Crippen LogP contribution >= 0.6 is 0 Å². The molecule has 0 amide bonds. The topological polar surface area (TPSA) is 61.1 Å². The van der Waals surface area contributed by atoms with Crippen molar-refractivity contribution in [3.05, 3.63) is 83.9 Å². The number of nitrogens with zero attached hydrogens (tertiary/aromatic N) is 1. The molecule has 0 aromatic heterocycles. The molecule has 0 saturated carbocycles. The molecule has 0 spiro atoms. The van der Waals surface area contributed by atoms with E-state index in [0.29, 0.717) is 0 Å². The van der Waals surface area contributed by atoms with Crippen molar-refractivity contribution in [3.8, 4) is 6.07 Å². The van der Waals surface area contributed by atoms with Crippen molar-refractivity contribution in [1.82, 2.24) is 0 Å². The largest absolute Gasteiger partial charge is 0.478 e. The molecule has 0 aliphatic rings. The number of benzene rings is 2. The SMILES string of the molecule is C=C(C(=O)O)C(C#N)C(c1ccccc1)c1ccccc1. The fourth-order valence-corrected chi connectivity index (χ4v) is 2.38. The van der Waals surface area contributed by atoms with Crippen LogP contribution in [0.4, 0.5) is 0 Å². The van der Waals surface area contributed by atoms with E-state index in [-0.39, 0.29) is 11.5 Å². The highest BCUT2D eigenvalue weighted by Gasteiger charge is 2.30. The molecular weight excluding hydrogens is 262 g/mol. The van der Waals surface area contributed by atoms with E-state index in [9.17, 15) is 15.2 Å². The number of hydrogen-bond acceptors (Lipinski definition) is 2. The van der Waals surface area contributed by atoms with Gasteiger partial charge in [0.15, 0.2) is 0 Å². The monoisotopic (exact) mass is 277 g/mol. The molecule has 3 nitrogen and oxygen atoms in total. The van der Waals surface area contributed by atoms with Gasteiger partial charge in [-0.2, -0.15) is 5.26 Å². The average Bonchev–Trinajstić information content (AvgIpc) is 2.53. The van der Waals surface area contributed by atoms with Crippen LogP contribution in [0.2, 0.25) is 0 Å². The second-order valence-corrected chi connectivity index (χ2v) is 4.74. The third-order valence-corrected chi connectivity index (χ3v) is 3.44. The summed E-state index contributed by atoms with van der Waals surface area (Å²) in [5.41, 5.74) is 1.71. The van der Waals surface area contributed by atoms with Crippen molar-refractivity contribution in [2.45, 2.75) is 5.92 Å². The molecule has 2 rings (SSSR count). The third-order valence-electron chi connectivity index (χ3n) is 3.44. The molecule has 0 fully saturated rings. The number of rotatable bonds is 5. The lowest BCUT2D eigenvalue weighted by Crippen LogP contribution is -2.19. The zero-order valence-electron chi connectivity index (χ0n) is 11.4. The molecule has 0 aliphatic carbocycles. The van der Waals surface area contributed by atoms with E-state index < -0.39 is 11.9 Å². The number of aliphatic carboxylic acids is 1. The maximum Gasteiger partial charge on any atom is 0.332 e. The standard InChI is InChI=1S/C18H15NO2/c1-13(18(20)21)16(12-19)17(14-8-4-2-5-9-14)15-10-6-3-7-11-15/h2-11,16-17H,1H2,(H,20,21). The van der Waals surface area contributed by atoms with Crippen LogP contribution in [0.3, 0.4) is 0 Å². The van der Waals surface area contributed by atoms with Crippen LogP contribution in [0.25, 0.3) is 0 Å². The highest BCUT2D eigenvalue weighted by molar-refractivity contribution is 5.87. The van der Waals surface area contributed by atoms with Crippen molar-refractivity contribution in [2.24, 2.45) is 5.92 Å². The van der Waals surface area contributed by atoms with Gasteiger partial charge in [-0.3, -0.25) is 0 Å². The Morgan fingerprint density at radius 3 is 1.76 bits per heavy atom. The van der Waals surface area contributed by atoms with E-state index in [1.165, 1.54) is 0 Å². The van der Waals surface area contributed by atoms with Gasteiger partial charge in [0.05, 0.1) is 12.0 Å². The Bertz CT molecular complexity index is 632. The first-order valence-electron chi connectivity index (χ1n) is 6.56. The molecule has 1 unspecified atom stereocenters. The molecule has 2 aromatic rings. The number of hydrogen-bond donors (Lipinski definition) is 1. The van der Waals surface area contributed by atoms with Gasteiger partial charge in [0.25, 0.3) is 0 Å². The van der Waals surface area contributed by atoms with E-state index in [2.05, 4.69) is 12.6 Å². The summed E-state index contributed by atoms with van der Waals surface area (Å²) in [7, 11) is 0. The predicted molar refractivity (Wildman–Crippen MR) is 80.6 cm³/mol. The van der Waals surface area contributed by atoms with Crippen LogP contribution in [0.5, 0.6) is 0 Å². The van der Waals surface area contributed by atoms with E-state index in [1.807, 2.05) is 60.7 Å². The van der Waals surface area contributed by atoms with Gasteiger partial charge in [0.2, 0.25) is 0 Å². The molecule has 0 saturated heterocycles. The number of carbonyl (C=O) groups is 1. The molecule has 0 heterocycles. The number of nitriles is 1. The molecule has 104 valence electrons. The van der Waals surface area contributed by atoms with E-state index in [0.717, 1.165) is 11.1 Å². The van der Waals surface area contributed by atoms with Gasteiger partial charge in [0, 0.05) is 11.5 Å². The molecule has 3 heteroatoms. The van der Waals surface area contributed by atoms with Crippen molar-refractivity contribution >= 4 is 5.97 Å². The summed E-state index contributed by atoms with van der Waals surface area (Å²) in [5.74, 6) is -2.30. The van der Waals surface area contributed by atoms with Gasteiger partial charge in [0.1, 0.15) is 0 Å². The molecule has 21 heavy (non-hydrogen) atoms. The van der Waals surface area contributed by atoms with Crippen molar-refractivity contribution in [2.75, 3.05) is 0 Å². The van der Waals surface area contributed by atoms with Gasteiger partial charge in [-0.05, 0) is 11.1 Å². The van der Waals surface area contributed by atoms with Crippen LogP contribution in [0, 0.1) is 17.2 Å². The fourth-order valence-electron chi connectivity index (χ4n) is 2.38. The lowest BCUT2D eigenvalue weighted by Gasteiger charge is -2.23. The summed E-state index contributed by atoms with van der Waals surface area (Å²) >= 11 is 0. The van der Waals surface area contributed by atoms with Crippen LogP contribution in [-0.4, -0.2) is 11.1 Å². The van der Waals surface area contributed by atoms with Gasteiger partial charge in [-0.1, -0.05) is 67.2 Å². The summed E-state index contributed by atoms with van der Waals surface area (Å²) in [6.45, 7) is 3.58. The highest BCUT2D eigenvalue weighted by atomic mass is 16.4. The van der Waals surface area contributed by atoms with Crippen molar-refractivity contribution in [1.29, 1.82) is 5.26 Å². The third kappa shape index (κ3) is 3.18. The Balaban J connectivity index is 2.54. The minimum absolute atomic E-state index is 0.0878. The maximum atomic E-state index is 11.2. The van der Waals surface area contributed by atoms with Gasteiger partial charge < -0.3 is 5.11 Å². The molecule has 0 aliphatic heterocycles. The predicted octanol–water partition coefficient (Wildman–Crippen LogP) is 3.60. The summed E-state index contributed by atoms with van der Waals surface area (Å²) in [5, 5.41) is 18.6. The van der Waals surface area contributed by atoms with Crippen LogP contribution in [-0.2, 0) is 4.79 Å². The van der Waals surface area contributed by atoms with Crippen LogP contribution < -0.4 is 0 Å². The maximum absolute atomic E-state index is 11.2. The second kappa shape index (κ2) is 6.53. The lowest BCUT2D eigenvalue weighted by atomic mass is 9.78. The average molecular weight is 277 g/mol.